The van der Waals surface area contributed by atoms with Crippen LogP contribution in [0.1, 0.15) is 41.5 Å². The molecule has 7 heteroatoms. The Labute approximate surface area is 108 Å². The third kappa shape index (κ3) is 2.64. The average Bonchev–Trinajstić information content (AvgIpc) is 3.13. The van der Waals surface area contributed by atoms with E-state index in [2.05, 4.69) is 15.3 Å². The number of esters is 1. The maximum Gasteiger partial charge on any atom is 0.308 e. The molecule has 1 aromatic rings. The third-order valence-electron chi connectivity index (χ3n) is 3.15. The van der Waals surface area contributed by atoms with Crippen LogP contribution in [0.3, 0.4) is 0 Å². The number of ether oxygens (including phenoxy) is 1. The Bertz CT molecular complexity index is 591. The van der Waals surface area contributed by atoms with Crippen molar-refractivity contribution in [1.29, 1.82) is 0 Å². The van der Waals surface area contributed by atoms with Crippen LogP contribution in [0.4, 0.5) is 0 Å². The minimum atomic E-state index is -0.448. The SMILES string of the molecule is O=C1C[C@H](NC(=O)c2cc(=O)[nH]c(C3CC3)n2)CO1. The van der Waals surface area contributed by atoms with Gasteiger partial charge < -0.3 is 15.0 Å². The quantitative estimate of drug-likeness (QED) is 0.729. The predicted molar refractivity (Wildman–Crippen MR) is 63.7 cm³/mol. The van der Waals surface area contributed by atoms with E-state index in [1.165, 1.54) is 6.07 Å². The van der Waals surface area contributed by atoms with Crippen LogP contribution in [0, 0.1) is 0 Å². The van der Waals surface area contributed by atoms with E-state index in [1.54, 1.807) is 0 Å². The molecule has 100 valence electrons. The van der Waals surface area contributed by atoms with Crippen LogP contribution in [-0.2, 0) is 9.53 Å². The molecule has 1 saturated carbocycles. The first kappa shape index (κ1) is 11.9. The molecule has 7 nitrogen and oxygen atoms in total. The van der Waals surface area contributed by atoms with Crippen LogP contribution in [0.15, 0.2) is 10.9 Å². The van der Waals surface area contributed by atoms with Gasteiger partial charge in [0.15, 0.2) is 0 Å². The second kappa shape index (κ2) is 4.49. The molecule has 2 fully saturated rings. The summed E-state index contributed by atoms with van der Waals surface area (Å²) in [6.45, 7) is 0.170. The van der Waals surface area contributed by atoms with Crippen molar-refractivity contribution in [1.82, 2.24) is 15.3 Å². The first-order chi connectivity index (χ1) is 9.11. The lowest BCUT2D eigenvalue weighted by molar-refractivity contribution is -0.137. The van der Waals surface area contributed by atoms with E-state index >= 15 is 0 Å². The van der Waals surface area contributed by atoms with Gasteiger partial charge in [-0.1, -0.05) is 0 Å². The van der Waals surface area contributed by atoms with Crippen LogP contribution in [0.25, 0.3) is 0 Å². The van der Waals surface area contributed by atoms with Crippen molar-refractivity contribution < 1.29 is 14.3 Å². The maximum atomic E-state index is 12.0. The second-order valence-electron chi connectivity index (χ2n) is 4.85. The van der Waals surface area contributed by atoms with Crippen LogP contribution < -0.4 is 10.9 Å². The van der Waals surface area contributed by atoms with Gasteiger partial charge in [-0.05, 0) is 12.8 Å². The van der Waals surface area contributed by atoms with Crippen molar-refractivity contribution in [2.45, 2.75) is 31.2 Å². The fourth-order valence-electron chi connectivity index (χ4n) is 2.01. The maximum absolute atomic E-state index is 12.0. The molecule has 0 radical (unpaired) electrons. The van der Waals surface area contributed by atoms with Crippen LogP contribution >= 0.6 is 0 Å². The molecule has 2 aliphatic rings. The van der Waals surface area contributed by atoms with Crippen molar-refractivity contribution >= 4 is 11.9 Å². The lowest BCUT2D eigenvalue weighted by Gasteiger charge is -2.09. The summed E-state index contributed by atoms with van der Waals surface area (Å²) in [6, 6.07) is 0.823. The number of nitrogens with one attached hydrogen (secondary N) is 2. The number of rotatable bonds is 3. The summed E-state index contributed by atoms with van der Waals surface area (Å²) in [4.78, 5) is 41.2. The number of H-pyrrole nitrogens is 1. The van der Waals surface area contributed by atoms with Gasteiger partial charge in [-0.25, -0.2) is 4.98 Å². The number of amides is 1. The van der Waals surface area contributed by atoms with Gasteiger partial charge in [0.25, 0.3) is 11.5 Å². The highest BCUT2D eigenvalue weighted by molar-refractivity contribution is 5.92. The van der Waals surface area contributed by atoms with Crippen LogP contribution in [0.2, 0.25) is 0 Å². The largest absolute Gasteiger partial charge is 0.463 e. The third-order valence-corrected chi connectivity index (χ3v) is 3.15. The predicted octanol–water partition coefficient (Wildman–Crippen LogP) is -0.307. The Hall–Kier alpha value is -2.18. The molecule has 0 aromatic carbocycles. The Morgan fingerprint density at radius 3 is 2.84 bits per heavy atom. The van der Waals surface area contributed by atoms with Gasteiger partial charge in [0.2, 0.25) is 0 Å². The highest BCUT2D eigenvalue weighted by Crippen LogP contribution is 2.37. The zero-order chi connectivity index (χ0) is 13.4. The summed E-state index contributed by atoms with van der Waals surface area (Å²) >= 11 is 0. The number of carbonyl (C=O) groups is 2. The standard InChI is InChI=1S/C12H13N3O4/c16-9-4-8(14-11(15-9)6-1-2-6)12(18)13-7-3-10(17)19-5-7/h4,6-7H,1-3,5H2,(H,13,18)(H,14,15,16)/t7-/m0/s1. The first-order valence-electron chi connectivity index (χ1n) is 6.19. The molecule has 3 rings (SSSR count). The topological polar surface area (TPSA) is 101 Å². The number of hydrogen-bond acceptors (Lipinski definition) is 5. The summed E-state index contributed by atoms with van der Waals surface area (Å²) in [5, 5.41) is 2.64. The second-order valence-corrected chi connectivity index (χ2v) is 4.85. The van der Waals surface area contributed by atoms with Crippen molar-refractivity contribution in [3.8, 4) is 0 Å². The van der Waals surface area contributed by atoms with Gasteiger partial charge in [-0.3, -0.25) is 14.4 Å². The lowest BCUT2D eigenvalue weighted by atomic mass is 10.2. The number of aromatic amines is 1. The van der Waals surface area contributed by atoms with E-state index in [9.17, 15) is 14.4 Å². The Balaban J connectivity index is 1.75. The van der Waals surface area contributed by atoms with Crippen molar-refractivity contribution in [2.75, 3.05) is 6.61 Å². The van der Waals surface area contributed by atoms with Gasteiger partial charge in [0.05, 0.1) is 12.5 Å². The molecule has 0 unspecified atom stereocenters. The van der Waals surface area contributed by atoms with E-state index in [0.29, 0.717) is 5.82 Å². The summed E-state index contributed by atoms with van der Waals surface area (Å²) in [7, 11) is 0. The van der Waals surface area contributed by atoms with Gasteiger partial charge in [0.1, 0.15) is 18.1 Å². The summed E-state index contributed by atoms with van der Waals surface area (Å²) in [6.07, 6.45) is 2.13. The summed E-state index contributed by atoms with van der Waals surface area (Å²) in [5.41, 5.74) is -0.245. The molecule has 2 heterocycles. The van der Waals surface area contributed by atoms with E-state index in [4.69, 9.17) is 4.74 Å². The molecule has 1 saturated heterocycles. The highest BCUT2D eigenvalue weighted by atomic mass is 16.5. The molecule has 1 aliphatic carbocycles. The Kier molecular flexibility index (Phi) is 2.81. The van der Waals surface area contributed by atoms with Gasteiger partial charge in [-0.2, -0.15) is 0 Å². The first-order valence-corrected chi connectivity index (χ1v) is 6.19. The van der Waals surface area contributed by atoms with E-state index in [0.717, 1.165) is 12.8 Å². The van der Waals surface area contributed by atoms with Crippen LogP contribution in [-0.4, -0.2) is 34.5 Å². The summed E-state index contributed by atoms with van der Waals surface area (Å²) in [5.74, 6) is 0.0485. The fraction of sp³-hybridized carbons (Fsp3) is 0.500. The van der Waals surface area contributed by atoms with E-state index in [1.807, 2.05) is 0 Å². The van der Waals surface area contributed by atoms with Gasteiger partial charge in [-0.15, -0.1) is 0 Å². The lowest BCUT2D eigenvalue weighted by Crippen LogP contribution is -2.36. The normalized spacial score (nSPS) is 22.1. The fourth-order valence-corrected chi connectivity index (χ4v) is 2.01. The number of cyclic esters (lactones) is 1. The number of hydrogen-bond donors (Lipinski definition) is 2. The molecule has 1 aliphatic heterocycles. The summed E-state index contributed by atoms with van der Waals surface area (Å²) < 4.78 is 4.76. The molecule has 1 amide bonds. The number of aromatic nitrogens is 2. The monoisotopic (exact) mass is 263 g/mol. The molecule has 0 bridgehead atoms. The minimum absolute atomic E-state index is 0.0880. The molecule has 2 N–H and O–H groups in total. The molecule has 19 heavy (non-hydrogen) atoms. The van der Waals surface area contributed by atoms with Crippen molar-refractivity contribution in [3.63, 3.8) is 0 Å². The molecule has 1 aromatic heterocycles. The Morgan fingerprint density at radius 1 is 1.42 bits per heavy atom. The van der Waals surface area contributed by atoms with Crippen molar-refractivity contribution in [2.24, 2.45) is 0 Å². The molecular formula is C12H13N3O4. The average molecular weight is 263 g/mol. The van der Waals surface area contributed by atoms with Crippen LogP contribution in [0.5, 0.6) is 0 Å². The molecule has 1 atom stereocenters. The smallest absolute Gasteiger partial charge is 0.308 e. The van der Waals surface area contributed by atoms with Crippen molar-refractivity contribution in [3.05, 3.63) is 27.9 Å². The number of nitrogens with zero attached hydrogens (tertiary/aromatic N) is 1. The zero-order valence-electron chi connectivity index (χ0n) is 10.1. The van der Waals surface area contributed by atoms with E-state index in [-0.39, 0.29) is 42.2 Å². The van der Waals surface area contributed by atoms with Gasteiger partial charge >= 0.3 is 5.97 Å². The molecule has 0 spiro atoms. The highest BCUT2D eigenvalue weighted by Gasteiger charge is 2.29. The van der Waals surface area contributed by atoms with E-state index < -0.39 is 5.91 Å². The number of carbonyl (C=O) groups excluding carboxylic acids is 2. The molecular weight excluding hydrogens is 250 g/mol. The zero-order valence-corrected chi connectivity index (χ0v) is 10.1. The Morgan fingerprint density at radius 2 is 2.21 bits per heavy atom. The van der Waals surface area contributed by atoms with Gasteiger partial charge in [0, 0.05) is 12.0 Å². The minimum Gasteiger partial charge on any atom is -0.463 e.